The molecule has 0 saturated heterocycles. The molecule has 0 spiro atoms. The lowest BCUT2D eigenvalue weighted by molar-refractivity contribution is -0.659. The van der Waals surface area contributed by atoms with Crippen LogP contribution < -0.4 is 19.7 Å². The summed E-state index contributed by atoms with van der Waals surface area (Å²) in [5, 5.41) is 7.93. The van der Waals surface area contributed by atoms with Gasteiger partial charge in [0.25, 0.3) is 0 Å². The second kappa shape index (κ2) is 7.79. The number of aromatic nitrogens is 1. The second-order valence-corrected chi connectivity index (χ2v) is 15.2. The van der Waals surface area contributed by atoms with Crippen LogP contribution >= 0.6 is 0 Å². The van der Waals surface area contributed by atoms with Gasteiger partial charge in [-0.25, -0.2) is 4.57 Å². The molecule has 174 valence electrons. The summed E-state index contributed by atoms with van der Waals surface area (Å²) >= 11 is 0. The van der Waals surface area contributed by atoms with Gasteiger partial charge in [0.1, 0.15) is 26.6 Å². The van der Waals surface area contributed by atoms with Crippen molar-refractivity contribution in [2.45, 2.75) is 39.8 Å². The van der Waals surface area contributed by atoms with E-state index in [2.05, 4.69) is 124 Å². The maximum atomic E-state index is 6.97. The molecule has 4 aromatic carbocycles. The molecule has 0 N–H and O–H groups in total. The topological polar surface area (TPSA) is 13.1 Å². The van der Waals surface area contributed by atoms with Crippen molar-refractivity contribution >= 4 is 40.0 Å². The van der Waals surface area contributed by atoms with Crippen molar-refractivity contribution in [2.24, 2.45) is 7.05 Å². The molecule has 5 aromatic rings. The highest BCUT2D eigenvalue weighted by atomic mass is 28.3. The Morgan fingerprint density at radius 1 is 0.829 bits per heavy atom. The third-order valence-corrected chi connectivity index (χ3v) is 11.4. The molecule has 1 aliphatic heterocycles. The molecule has 1 aliphatic rings. The maximum absolute atomic E-state index is 6.97. The van der Waals surface area contributed by atoms with Gasteiger partial charge in [0, 0.05) is 11.6 Å². The fourth-order valence-electron chi connectivity index (χ4n) is 5.91. The highest BCUT2D eigenvalue weighted by Gasteiger charge is 2.35. The third kappa shape index (κ3) is 3.18. The minimum Gasteiger partial charge on any atom is -0.455 e. The Kier molecular flexibility index (Phi) is 4.91. The summed E-state index contributed by atoms with van der Waals surface area (Å²) in [6.07, 6.45) is 2.21. The van der Waals surface area contributed by atoms with Crippen LogP contribution in [0, 0.1) is 6.92 Å². The number of benzene rings is 4. The number of ether oxygens (including phenoxy) is 1. The maximum Gasteiger partial charge on any atom is 0.228 e. The van der Waals surface area contributed by atoms with Gasteiger partial charge in [0.15, 0.2) is 6.20 Å². The number of pyridine rings is 1. The van der Waals surface area contributed by atoms with Crippen LogP contribution in [0.15, 0.2) is 79.0 Å². The van der Waals surface area contributed by atoms with E-state index in [1.807, 2.05) is 0 Å². The lowest BCUT2D eigenvalue weighted by Crippen LogP contribution is -2.52. The first kappa shape index (κ1) is 22.1. The Bertz CT molecular complexity index is 1630. The van der Waals surface area contributed by atoms with Gasteiger partial charge in [0.2, 0.25) is 5.69 Å². The van der Waals surface area contributed by atoms with Crippen LogP contribution in [0.2, 0.25) is 13.1 Å². The van der Waals surface area contributed by atoms with E-state index >= 15 is 0 Å². The van der Waals surface area contributed by atoms with E-state index in [0.717, 1.165) is 11.5 Å². The van der Waals surface area contributed by atoms with Crippen LogP contribution in [0.1, 0.15) is 30.9 Å². The molecule has 0 bridgehead atoms. The minimum absolute atomic E-state index is 0.346. The molecule has 0 fully saturated rings. The number of hydrogen-bond acceptors (Lipinski definition) is 1. The average Bonchev–Trinajstić information content (AvgIpc) is 2.86. The zero-order valence-electron chi connectivity index (χ0n) is 21.4. The van der Waals surface area contributed by atoms with Gasteiger partial charge in [-0.3, -0.25) is 0 Å². The standard InChI is InChI=1S/C32H32NOSi/c1-20(2)28-26-15-11-10-14-25(26)21(3)29-31-30-22(16-17-33(31)4)18-24(19-27(30)34-32(28)29)35(5,6)23-12-8-7-9-13-23/h7-20H,1-6H3/q+1. The molecule has 35 heavy (non-hydrogen) atoms. The van der Waals surface area contributed by atoms with Gasteiger partial charge in [0.05, 0.1) is 10.9 Å². The lowest BCUT2D eigenvalue weighted by Gasteiger charge is -2.29. The number of fused-ring (bicyclic) bond motifs is 3. The zero-order valence-corrected chi connectivity index (χ0v) is 22.4. The summed E-state index contributed by atoms with van der Waals surface area (Å²) in [6.45, 7) is 11.7. The fourth-order valence-corrected chi connectivity index (χ4v) is 8.28. The molecule has 3 heteroatoms. The monoisotopic (exact) mass is 474 g/mol. The van der Waals surface area contributed by atoms with Crippen LogP contribution in [-0.2, 0) is 7.05 Å². The van der Waals surface area contributed by atoms with E-state index in [0.29, 0.717) is 5.92 Å². The summed E-state index contributed by atoms with van der Waals surface area (Å²) < 4.78 is 9.24. The summed E-state index contributed by atoms with van der Waals surface area (Å²) in [6, 6.07) is 26.8. The van der Waals surface area contributed by atoms with Crippen molar-refractivity contribution in [2.75, 3.05) is 0 Å². The molecule has 2 heterocycles. The number of hydrogen-bond donors (Lipinski definition) is 0. The zero-order chi connectivity index (χ0) is 24.5. The molecule has 0 atom stereocenters. The van der Waals surface area contributed by atoms with Gasteiger partial charge in [-0.2, -0.15) is 0 Å². The number of aryl methyl sites for hydroxylation is 2. The summed E-state index contributed by atoms with van der Waals surface area (Å²) in [7, 11) is 0.265. The largest absolute Gasteiger partial charge is 0.455 e. The summed E-state index contributed by atoms with van der Waals surface area (Å²) in [4.78, 5) is 0. The first-order chi connectivity index (χ1) is 16.8. The van der Waals surface area contributed by atoms with Crippen molar-refractivity contribution in [3.05, 3.63) is 90.1 Å². The lowest BCUT2D eigenvalue weighted by atomic mass is 9.85. The molecular formula is C32H32NOSi+. The van der Waals surface area contributed by atoms with E-state index < -0.39 is 8.07 Å². The van der Waals surface area contributed by atoms with Gasteiger partial charge in [-0.05, 0) is 40.6 Å². The number of rotatable bonds is 3. The smallest absolute Gasteiger partial charge is 0.228 e. The van der Waals surface area contributed by atoms with Crippen molar-refractivity contribution in [1.82, 2.24) is 0 Å². The minimum atomic E-state index is -1.90. The second-order valence-electron chi connectivity index (χ2n) is 10.8. The van der Waals surface area contributed by atoms with Crippen LogP contribution in [0.4, 0.5) is 0 Å². The summed E-state index contributed by atoms with van der Waals surface area (Å²) in [5.74, 6) is 2.37. The van der Waals surface area contributed by atoms with Gasteiger partial charge in [-0.15, -0.1) is 0 Å². The van der Waals surface area contributed by atoms with Crippen LogP contribution in [0.25, 0.3) is 32.8 Å². The van der Waals surface area contributed by atoms with E-state index in [1.54, 1.807) is 0 Å². The Hall–Kier alpha value is -3.43. The van der Waals surface area contributed by atoms with Gasteiger partial charge < -0.3 is 4.74 Å². The SMILES string of the molecule is Cc1c2c(c(C(C)C)c3ccccc13)Oc1cc([Si](C)(C)c3ccccc3)cc3cc[n+](C)c-2c13. The first-order valence-electron chi connectivity index (χ1n) is 12.5. The Morgan fingerprint density at radius 3 is 2.23 bits per heavy atom. The fraction of sp³-hybridized carbons (Fsp3) is 0.219. The Balaban J connectivity index is 1.71. The van der Waals surface area contributed by atoms with Crippen LogP contribution in [0.5, 0.6) is 11.5 Å². The highest BCUT2D eigenvalue weighted by Crippen LogP contribution is 2.51. The van der Waals surface area contributed by atoms with E-state index in [9.17, 15) is 0 Å². The van der Waals surface area contributed by atoms with Crippen molar-refractivity contribution in [3.63, 3.8) is 0 Å². The van der Waals surface area contributed by atoms with Crippen molar-refractivity contribution < 1.29 is 9.30 Å². The average molecular weight is 475 g/mol. The van der Waals surface area contributed by atoms with E-state index in [4.69, 9.17) is 4.74 Å². The Labute approximate surface area is 208 Å². The molecule has 0 aliphatic carbocycles. The predicted molar refractivity (Wildman–Crippen MR) is 150 cm³/mol. The first-order valence-corrected chi connectivity index (χ1v) is 15.5. The van der Waals surface area contributed by atoms with Crippen molar-refractivity contribution in [3.8, 4) is 22.8 Å². The van der Waals surface area contributed by atoms with Crippen molar-refractivity contribution in [1.29, 1.82) is 0 Å². The number of nitrogens with zero attached hydrogens (tertiary/aromatic N) is 1. The molecule has 0 unspecified atom stereocenters. The molecule has 0 saturated carbocycles. The summed E-state index contributed by atoms with van der Waals surface area (Å²) in [5.41, 5.74) is 5.08. The van der Waals surface area contributed by atoms with Gasteiger partial charge >= 0.3 is 0 Å². The normalized spacial score (nSPS) is 12.8. The highest BCUT2D eigenvalue weighted by molar-refractivity contribution is 7.00. The molecule has 0 radical (unpaired) electrons. The van der Waals surface area contributed by atoms with Gasteiger partial charge in [-0.1, -0.05) is 98.0 Å². The van der Waals surface area contributed by atoms with E-state index in [1.165, 1.54) is 54.3 Å². The predicted octanol–water partition coefficient (Wildman–Crippen LogP) is 6.84. The van der Waals surface area contributed by atoms with Crippen LogP contribution in [-0.4, -0.2) is 8.07 Å². The Morgan fingerprint density at radius 2 is 1.51 bits per heavy atom. The quantitative estimate of drug-likeness (QED) is 0.202. The molecule has 0 amide bonds. The molecule has 1 aromatic heterocycles. The van der Waals surface area contributed by atoms with Crippen LogP contribution in [0.3, 0.4) is 0 Å². The molecule has 2 nitrogen and oxygen atoms in total. The van der Waals surface area contributed by atoms with E-state index in [-0.39, 0.29) is 0 Å². The molecule has 6 rings (SSSR count). The molecular weight excluding hydrogens is 442 g/mol. The third-order valence-electron chi connectivity index (χ3n) is 7.91.